The van der Waals surface area contributed by atoms with E-state index in [0.29, 0.717) is 53.8 Å². The number of halogens is 3. The topological polar surface area (TPSA) is 59.8 Å². The summed E-state index contributed by atoms with van der Waals surface area (Å²) in [4.78, 5) is 22.3. The molecule has 0 bridgehead atoms. The van der Waals surface area contributed by atoms with Crippen molar-refractivity contribution < 1.29 is 22.6 Å². The Kier molecular flexibility index (Phi) is 8.03. The van der Waals surface area contributed by atoms with Crippen molar-refractivity contribution in [2.75, 3.05) is 32.3 Å². The molecule has 0 radical (unpaired) electrons. The third-order valence-corrected chi connectivity index (χ3v) is 7.25. The molecule has 1 aromatic heterocycles. The van der Waals surface area contributed by atoms with Crippen molar-refractivity contribution in [2.24, 2.45) is 0 Å². The molecule has 41 heavy (non-hydrogen) atoms. The predicted octanol–water partition coefficient (Wildman–Crippen LogP) is 5.79. The summed E-state index contributed by atoms with van der Waals surface area (Å²) in [6, 6.07) is 20.4. The molecule has 10 heteroatoms. The summed E-state index contributed by atoms with van der Waals surface area (Å²) < 4.78 is 53.1. The molecule has 5 rings (SSSR count). The predicted molar refractivity (Wildman–Crippen MR) is 151 cm³/mol. The third kappa shape index (κ3) is 6.07. The third-order valence-electron chi connectivity index (χ3n) is 7.25. The van der Waals surface area contributed by atoms with Crippen LogP contribution < -0.4 is 19.9 Å². The van der Waals surface area contributed by atoms with Gasteiger partial charge in [0, 0.05) is 24.2 Å². The van der Waals surface area contributed by atoms with Crippen molar-refractivity contribution in [1.29, 1.82) is 0 Å². The number of hydrogen-bond acceptors (Lipinski definition) is 6. The number of aryl methyl sites for hydroxylation is 1. The maximum absolute atomic E-state index is 13.9. The van der Waals surface area contributed by atoms with Crippen LogP contribution in [0.5, 0.6) is 11.5 Å². The quantitative estimate of drug-likeness (QED) is 0.270. The summed E-state index contributed by atoms with van der Waals surface area (Å²) in [6.45, 7) is 2.83. The van der Waals surface area contributed by atoms with Crippen LogP contribution in [0.25, 0.3) is 0 Å². The minimum absolute atomic E-state index is 0.204. The summed E-state index contributed by atoms with van der Waals surface area (Å²) in [5, 5.41) is 0. The van der Waals surface area contributed by atoms with E-state index in [1.54, 1.807) is 36.7 Å². The zero-order valence-corrected chi connectivity index (χ0v) is 23.1. The number of nitrogens with zero attached hydrogens (tertiary/aromatic N) is 4. The minimum atomic E-state index is -4.50. The number of methoxy groups -OCH3 is 2. The summed E-state index contributed by atoms with van der Waals surface area (Å²) in [5.74, 6) is 1.56. The molecule has 0 aliphatic carbocycles. The maximum Gasteiger partial charge on any atom is 0.416 e. The van der Waals surface area contributed by atoms with E-state index in [1.165, 1.54) is 6.07 Å². The number of alkyl halides is 3. The van der Waals surface area contributed by atoms with Crippen molar-refractivity contribution in [3.63, 3.8) is 0 Å². The lowest BCUT2D eigenvalue weighted by atomic mass is 10.1. The van der Waals surface area contributed by atoms with Gasteiger partial charge in [-0.15, -0.1) is 0 Å². The van der Waals surface area contributed by atoms with Crippen molar-refractivity contribution in [1.82, 2.24) is 14.5 Å². The summed E-state index contributed by atoms with van der Waals surface area (Å²) in [7, 11) is 3.15. The molecule has 3 aromatic carbocycles. The highest BCUT2D eigenvalue weighted by atomic mass is 19.4. The molecule has 2 heterocycles. The molecule has 0 amide bonds. The Morgan fingerprint density at radius 3 is 2.34 bits per heavy atom. The Morgan fingerprint density at radius 2 is 1.63 bits per heavy atom. The standard InChI is InChI=1S/C31H31F3N4O3/c1-21-26(16-22-8-5-4-6-9-22)29(39)38-20-36(15-14-23-12-13-27(40-2)28(17-23)41-3)19-37(30(38)35-21)25-11-7-10-24(18-25)31(32,33)34/h4-13,17-18H,14-16,19-20H2,1-3H3. The zero-order valence-electron chi connectivity index (χ0n) is 23.1. The number of benzene rings is 3. The Bertz CT molecular complexity index is 1590. The molecule has 0 atom stereocenters. The average molecular weight is 565 g/mol. The summed E-state index contributed by atoms with van der Waals surface area (Å²) >= 11 is 0. The van der Waals surface area contributed by atoms with Gasteiger partial charge in [-0.25, -0.2) is 4.98 Å². The summed E-state index contributed by atoms with van der Waals surface area (Å²) in [6.07, 6.45) is -3.47. The SMILES string of the molecule is COc1ccc(CCN2CN(c3cccc(C(F)(F)F)c3)c3nc(C)c(Cc4ccccc4)c(=O)n3C2)cc1OC. The van der Waals surface area contributed by atoms with Crippen LogP contribution in [0.15, 0.2) is 77.6 Å². The van der Waals surface area contributed by atoms with E-state index in [0.717, 1.165) is 23.3 Å². The molecular formula is C31H31F3N4O3. The van der Waals surface area contributed by atoms with E-state index < -0.39 is 11.7 Å². The van der Waals surface area contributed by atoms with E-state index in [-0.39, 0.29) is 18.9 Å². The second-order valence-electron chi connectivity index (χ2n) is 9.96. The molecule has 7 nitrogen and oxygen atoms in total. The Morgan fingerprint density at radius 1 is 0.878 bits per heavy atom. The lowest BCUT2D eigenvalue weighted by Crippen LogP contribution is -2.48. The first kappa shape index (κ1) is 28.2. The molecule has 4 aromatic rings. The monoisotopic (exact) mass is 564 g/mol. The highest BCUT2D eigenvalue weighted by molar-refractivity contribution is 5.60. The Balaban J connectivity index is 1.52. The van der Waals surface area contributed by atoms with E-state index in [2.05, 4.69) is 0 Å². The van der Waals surface area contributed by atoms with Gasteiger partial charge in [0.25, 0.3) is 5.56 Å². The van der Waals surface area contributed by atoms with Gasteiger partial charge in [0.2, 0.25) is 5.95 Å². The fourth-order valence-corrected chi connectivity index (χ4v) is 5.04. The molecule has 0 unspecified atom stereocenters. The van der Waals surface area contributed by atoms with Crippen molar-refractivity contribution in [3.05, 3.63) is 111 Å². The fraction of sp³-hybridized carbons (Fsp3) is 0.290. The molecular weight excluding hydrogens is 533 g/mol. The molecule has 0 saturated heterocycles. The number of aromatic nitrogens is 2. The first-order valence-corrected chi connectivity index (χ1v) is 13.2. The van der Waals surface area contributed by atoms with Gasteiger partial charge in [-0.3, -0.25) is 19.2 Å². The second-order valence-corrected chi connectivity index (χ2v) is 9.96. The first-order valence-electron chi connectivity index (χ1n) is 13.2. The molecule has 214 valence electrons. The first-order chi connectivity index (χ1) is 19.7. The molecule has 0 saturated carbocycles. The maximum atomic E-state index is 13.9. The van der Waals surface area contributed by atoms with Crippen LogP contribution in [0, 0.1) is 6.92 Å². The average Bonchev–Trinajstić information content (AvgIpc) is 2.98. The van der Waals surface area contributed by atoms with Crippen LogP contribution in [0.3, 0.4) is 0 Å². The number of rotatable bonds is 8. The Hall–Kier alpha value is -4.31. The van der Waals surface area contributed by atoms with Crippen LogP contribution in [0.2, 0.25) is 0 Å². The normalized spacial score (nSPS) is 13.7. The smallest absolute Gasteiger partial charge is 0.416 e. The summed E-state index contributed by atoms with van der Waals surface area (Å²) in [5.41, 5.74) is 2.44. The lowest BCUT2D eigenvalue weighted by molar-refractivity contribution is -0.137. The number of hydrogen-bond donors (Lipinski definition) is 0. The van der Waals surface area contributed by atoms with Gasteiger partial charge < -0.3 is 9.47 Å². The van der Waals surface area contributed by atoms with Crippen LogP contribution in [0.1, 0.15) is 27.9 Å². The van der Waals surface area contributed by atoms with E-state index in [4.69, 9.17) is 14.5 Å². The van der Waals surface area contributed by atoms with Crippen LogP contribution >= 0.6 is 0 Å². The van der Waals surface area contributed by atoms with Crippen molar-refractivity contribution in [3.8, 4) is 11.5 Å². The van der Waals surface area contributed by atoms with E-state index in [1.807, 2.05) is 53.4 Å². The highest BCUT2D eigenvalue weighted by Crippen LogP contribution is 2.35. The lowest BCUT2D eigenvalue weighted by Gasteiger charge is -2.38. The molecule has 0 N–H and O–H groups in total. The van der Waals surface area contributed by atoms with E-state index in [9.17, 15) is 18.0 Å². The molecule has 0 fully saturated rings. The molecule has 0 spiro atoms. The van der Waals surface area contributed by atoms with Crippen LogP contribution in [-0.2, 0) is 25.7 Å². The van der Waals surface area contributed by atoms with Gasteiger partial charge in [-0.2, -0.15) is 13.2 Å². The molecule has 1 aliphatic rings. The minimum Gasteiger partial charge on any atom is -0.493 e. The van der Waals surface area contributed by atoms with Crippen molar-refractivity contribution in [2.45, 2.75) is 32.6 Å². The second kappa shape index (κ2) is 11.7. The van der Waals surface area contributed by atoms with Crippen LogP contribution in [0.4, 0.5) is 24.8 Å². The van der Waals surface area contributed by atoms with Gasteiger partial charge in [0.05, 0.1) is 38.8 Å². The van der Waals surface area contributed by atoms with Gasteiger partial charge in [0.1, 0.15) is 0 Å². The van der Waals surface area contributed by atoms with Gasteiger partial charge >= 0.3 is 6.18 Å². The number of fused-ring (bicyclic) bond motifs is 1. The number of ether oxygens (including phenoxy) is 2. The van der Waals surface area contributed by atoms with Gasteiger partial charge in [0.15, 0.2) is 11.5 Å². The largest absolute Gasteiger partial charge is 0.493 e. The zero-order chi connectivity index (χ0) is 29.1. The van der Waals surface area contributed by atoms with Gasteiger partial charge in [-0.05, 0) is 54.8 Å². The molecule has 1 aliphatic heterocycles. The fourth-order valence-electron chi connectivity index (χ4n) is 5.04. The van der Waals surface area contributed by atoms with E-state index >= 15 is 0 Å². The Labute approximate surface area is 236 Å². The van der Waals surface area contributed by atoms with Gasteiger partial charge in [-0.1, -0.05) is 42.5 Å². The van der Waals surface area contributed by atoms with Crippen molar-refractivity contribution >= 4 is 11.6 Å². The number of anilines is 2. The van der Waals surface area contributed by atoms with Crippen LogP contribution in [-0.4, -0.2) is 41.9 Å². The highest BCUT2D eigenvalue weighted by Gasteiger charge is 2.33.